The lowest BCUT2D eigenvalue weighted by molar-refractivity contribution is 0.0652. The predicted molar refractivity (Wildman–Crippen MR) is 113 cm³/mol. The van der Waals surface area contributed by atoms with Crippen molar-refractivity contribution in [1.29, 1.82) is 0 Å². The van der Waals surface area contributed by atoms with E-state index < -0.39 is 0 Å². The highest BCUT2D eigenvalue weighted by atomic mass is 16.2. The number of nitrogens with one attached hydrogen (secondary N) is 1. The molecule has 0 saturated heterocycles. The van der Waals surface area contributed by atoms with Crippen LogP contribution in [0.15, 0.2) is 42.5 Å². The molecule has 0 radical (unpaired) electrons. The summed E-state index contributed by atoms with van der Waals surface area (Å²) in [5.41, 5.74) is 2.92. The fourth-order valence-electron chi connectivity index (χ4n) is 3.26. The van der Waals surface area contributed by atoms with Crippen molar-refractivity contribution >= 4 is 23.4 Å². The monoisotopic (exact) mass is 393 g/mol. The number of likely N-dealkylation sites (N-methyl/N-ethyl adjacent to an activating group) is 1. The van der Waals surface area contributed by atoms with E-state index in [0.717, 1.165) is 25.8 Å². The second-order valence-electron chi connectivity index (χ2n) is 7.58. The molecule has 1 heterocycles. The Balaban J connectivity index is 1.69. The maximum atomic E-state index is 12.6. The van der Waals surface area contributed by atoms with Crippen molar-refractivity contribution in [2.45, 2.75) is 26.2 Å². The van der Waals surface area contributed by atoms with Gasteiger partial charge in [0.2, 0.25) is 0 Å². The number of anilines is 1. The Bertz CT molecular complexity index is 919. The average Bonchev–Trinajstić information content (AvgIpc) is 2.95. The largest absolute Gasteiger partial charge is 0.322 e. The van der Waals surface area contributed by atoms with Crippen LogP contribution in [-0.4, -0.2) is 54.7 Å². The number of carbonyl (C=O) groups excluding carboxylic acids is 3. The van der Waals surface area contributed by atoms with Gasteiger partial charge in [-0.1, -0.05) is 25.5 Å². The first-order valence-electron chi connectivity index (χ1n) is 9.96. The molecular formula is C23H27N3O3. The van der Waals surface area contributed by atoms with E-state index >= 15 is 0 Å². The molecule has 29 heavy (non-hydrogen) atoms. The van der Waals surface area contributed by atoms with Gasteiger partial charge in [-0.05, 0) is 62.8 Å². The smallest absolute Gasteiger partial charge is 0.261 e. The fourth-order valence-corrected chi connectivity index (χ4v) is 3.26. The van der Waals surface area contributed by atoms with Gasteiger partial charge in [0, 0.05) is 24.3 Å². The number of amides is 3. The Morgan fingerprint density at radius 3 is 2.34 bits per heavy atom. The Morgan fingerprint density at radius 1 is 1.00 bits per heavy atom. The minimum absolute atomic E-state index is 0.279. The molecule has 1 N–H and O–H groups in total. The molecule has 1 aliphatic heterocycles. The molecule has 3 rings (SSSR count). The highest BCUT2D eigenvalue weighted by Crippen LogP contribution is 2.25. The van der Waals surface area contributed by atoms with E-state index in [2.05, 4.69) is 10.2 Å². The normalized spacial score (nSPS) is 13.2. The quantitative estimate of drug-likeness (QED) is 0.698. The van der Waals surface area contributed by atoms with Gasteiger partial charge in [0.15, 0.2) is 0 Å². The Morgan fingerprint density at radius 2 is 1.69 bits per heavy atom. The molecule has 2 aromatic rings. The van der Waals surface area contributed by atoms with Gasteiger partial charge < -0.3 is 10.2 Å². The molecule has 6 nitrogen and oxygen atoms in total. The van der Waals surface area contributed by atoms with E-state index in [1.54, 1.807) is 12.1 Å². The van der Waals surface area contributed by atoms with E-state index in [9.17, 15) is 14.4 Å². The van der Waals surface area contributed by atoms with Crippen LogP contribution >= 0.6 is 0 Å². The third-order valence-electron chi connectivity index (χ3n) is 5.03. The summed E-state index contributed by atoms with van der Waals surface area (Å²) >= 11 is 0. The van der Waals surface area contributed by atoms with Gasteiger partial charge >= 0.3 is 0 Å². The van der Waals surface area contributed by atoms with Crippen molar-refractivity contribution < 1.29 is 14.4 Å². The summed E-state index contributed by atoms with van der Waals surface area (Å²) in [6.45, 7) is 3.38. The van der Waals surface area contributed by atoms with Crippen LogP contribution in [0.3, 0.4) is 0 Å². The molecule has 0 spiro atoms. The standard InChI is InChI=1S/C23H27N3O3/c1-4-5-13-26-22(28)19-11-8-17(15-20(19)23(26)29)21(27)24-18-9-6-16(7-10-18)12-14-25(2)3/h6-11,15H,4-5,12-14H2,1-3H3,(H,24,27). The van der Waals surface area contributed by atoms with Crippen molar-refractivity contribution in [3.05, 3.63) is 64.7 Å². The Labute approximate surface area is 171 Å². The molecular weight excluding hydrogens is 366 g/mol. The molecule has 0 bridgehead atoms. The van der Waals surface area contributed by atoms with E-state index in [-0.39, 0.29) is 17.7 Å². The average molecular weight is 393 g/mol. The van der Waals surface area contributed by atoms with Crippen LogP contribution in [0.1, 0.15) is 56.4 Å². The molecule has 6 heteroatoms. The van der Waals surface area contributed by atoms with Crippen LogP contribution in [0, 0.1) is 0 Å². The lowest BCUT2D eigenvalue weighted by atomic mass is 10.1. The first-order chi connectivity index (χ1) is 13.9. The summed E-state index contributed by atoms with van der Waals surface area (Å²) in [5.74, 6) is -0.904. The molecule has 0 unspecified atom stereocenters. The predicted octanol–water partition coefficient (Wildman–Crippen LogP) is 3.44. The van der Waals surface area contributed by atoms with Crippen molar-refractivity contribution in [2.75, 3.05) is 32.5 Å². The number of rotatable bonds is 8. The van der Waals surface area contributed by atoms with E-state index in [1.165, 1.54) is 16.5 Å². The zero-order chi connectivity index (χ0) is 21.0. The summed E-state index contributed by atoms with van der Waals surface area (Å²) in [6.07, 6.45) is 2.61. The molecule has 2 aromatic carbocycles. The van der Waals surface area contributed by atoms with Gasteiger partial charge in [0.25, 0.3) is 17.7 Å². The number of benzene rings is 2. The van der Waals surface area contributed by atoms with Crippen LogP contribution in [0.25, 0.3) is 0 Å². The van der Waals surface area contributed by atoms with Crippen LogP contribution in [0.2, 0.25) is 0 Å². The second-order valence-corrected chi connectivity index (χ2v) is 7.58. The van der Waals surface area contributed by atoms with Gasteiger partial charge in [-0.2, -0.15) is 0 Å². The number of nitrogens with zero attached hydrogens (tertiary/aromatic N) is 2. The minimum atomic E-state index is -0.321. The number of unbranched alkanes of at least 4 members (excludes halogenated alkanes) is 1. The van der Waals surface area contributed by atoms with Crippen LogP contribution < -0.4 is 5.32 Å². The molecule has 0 saturated carbocycles. The van der Waals surface area contributed by atoms with Crippen molar-refractivity contribution in [1.82, 2.24) is 9.80 Å². The van der Waals surface area contributed by atoms with E-state index in [0.29, 0.717) is 28.9 Å². The highest BCUT2D eigenvalue weighted by molar-refractivity contribution is 6.22. The summed E-state index contributed by atoms with van der Waals surface area (Å²) in [4.78, 5) is 41.0. The lowest BCUT2D eigenvalue weighted by Crippen LogP contribution is -2.30. The number of fused-ring (bicyclic) bond motifs is 1. The van der Waals surface area contributed by atoms with Crippen LogP contribution in [-0.2, 0) is 6.42 Å². The molecule has 3 amide bonds. The third-order valence-corrected chi connectivity index (χ3v) is 5.03. The molecule has 0 aromatic heterocycles. The number of hydrogen-bond donors (Lipinski definition) is 1. The highest BCUT2D eigenvalue weighted by Gasteiger charge is 2.35. The molecule has 0 fully saturated rings. The third kappa shape index (κ3) is 4.71. The summed E-state index contributed by atoms with van der Waals surface area (Å²) in [6, 6.07) is 12.4. The van der Waals surface area contributed by atoms with Gasteiger partial charge in [-0.15, -0.1) is 0 Å². The SMILES string of the molecule is CCCCN1C(=O)c2ccc(C(=O)Nc3ccc(CCN(C)C)cc3)cc2C1=O. The van der Waals surface area contributed by atoms with Crippen molar-refractivity contribution in [3.8, 4) is 0 Å². The Kier molecular flexibility index (Phi) is 6.44. The van der Waals surface area contributed by atoms with Crippen molar-refractivity contribution in [2.24, 2.45) is 0 Å². The van der Waals surface area contributed by atoms with Gasteiger partial charge in [-0.3, -0.25) is 19.3 Å². The van der Waals surface area contributed by atoms with Gasteiger partial charge in [0.05, 0.1) is 11.1 Å². The summed E-state index contributed by atoms with van der Waals surface area (Å²) in [7, 11) is 4.07. The summed E-state index contributed by atoms with van der Waals surface area (Å²) < 4.78 is 0. The minimum Gasteiger partial charge on any atom is -0.322 e. The van der Waals surface area contributed by atoms with E-state index in [1.807, 2.05) is 45.3 Å². The summed E-state index contributed by atoms with van der Waals surface area (Å²) in [5, 5.41) is 2.85. The topological polar surface area (TPSA) is 69.7 Å². The maximum Gasteiger partial charge on any atom is 0.261 e. The fraction of sp³-hybridized carbons (Fsp3) is 0.348. The molecule has 1 aliphatic rings. The number of hydrogen-bond acceptors (Lipinski definition) is 4. The number of imide groups is 1. The first kappa shape index (κ1) is 20.7. The van der Waals surface area contributed by atoms with Gasteiger partial charge in [-0.25, -0.2) is 0 Å². The maximum absolute atomic E-state index is 12.6. The zero-order valence-electron chi connectivity index (χ0n) is 17.2. The molecule has 152 valence electrons. The van der Waals surface area contributed by atoms with Crippen LogP contribution in [0.5, 0.6) is 0 Å². The number of carbonyl (C=O) groups is 3. The zero-order valence-corrected chi connectivity index (χ0v) is 17.2. The van der Waals surface area contributed by atoms with E-state index in [4.69, 9.17) is 0 Å². The lowest BCUT2D eigenvalue weighted by Gasteiger charge is -2.12. The van der Waals surface area contributed by atoms with Crippen molar-refractivity contribution in [3.63, 3.8) is 0 Å². The molecule has 0 atom stereocenters. The second kappa shape index (κ2) is 9.01. The van der Waals surface area contributed by atoms with Gasteiger partial charge in [0.1, 0.15) is 0 Å². The Hall–Kier alpha value is -2.99. The molecule has 0 aliphatic carbocycles. The first-order valence-corrected chi connectivity index (χ1v) is 9.96. The van der Waals surface area contributed by atoms with Crippen LogP contribution in [0.4, 0.5) is 5.69 Å².